The molecule has 82 valence electrons. The molecular weight excluding hydrogens is 234 g/mol. The van der Waals surface area contributed by atoms with E-state index in [-0.39, 0.29) is 5.69 Å². The van der Waals surface area contributed by atoms with Crippen LogP contribution in [0, 0.1) is 0 Å². The second kappa shape index (κ2) is 4.49. The predicted octanol–water partition coefficient (Wildman–Crippen LogP) is 3.54. The van der Waals surface area contributed by atoms with E-state index in [1.807, 2.05) is 0 Å². The molecule has 0 amide bonds. The van der Waals surface area contributed by atoms with E-state index in [9.17, 15) is 4.79 Å². The van der Waals surface area contributed by atoms with Gasteiger partial charge in [-0.3, -0.25) is 0 Å². The number of thiazole rings is 1. The first-order valence-electron chi connectivity index (χ1n) is 5.08. The van der Waals surface area contributed by atoms with E-state index in [2.05, 4.69) is 4.98 Å². The number of aromatic carboxylic acids is 1. The van der Waals surface area contributed by atoms with E-state index in [4.69, 9.17) is 16.7 Å². The topological polar surface area (TPSA) is 50.2 Å². The molecule has 5 heteroatoms. The first kappa shape index (κ1) is 10.9. The van der Waals surface area contributed by atoms with Crippen LogP contribution in [0.3, 0.4) is 0 Å². The van der Waals surface area contributed by atoms with E-state index >= 15 is 0 Å². The lowest BCUT2D eigenvalue weighted by Gasteiger charge is -2.18. The number of carboxylic acids is 1. The Bertz CT molecular complexity index is 371. The van der Waals surface area contributed by atoms with Crippen LogP contribution in [0.15, 0.2) is 0 Å². The van der Waals surface area contributed by atoms with Crippen LogP contribution in [-0.4, -0.2) is 16.1 Å². The number of hydrogen-bond donors (Lipinski definition) is 1. The van der Waals surface area contributed by atoms with Gasteiger partial charge in [-0.15, -0.1) is 11.3 Å². The summed E-state index contributed by atoms with van der Waals surface area (Å²) in [5, 5.41) is 9.74. The lowest BCUT2D eigenvalue weighted by molar-refractivity contribution is 0.0691. The molecule has 0 aliphatic heterocycles. The third kappa shape index (κ3) is 2.32. The number of nitrogens with zero attached hydrogens (tertiary/aromatic N) is 1. The first-order chi connectivity index (χ1) is 7.18. The van der Waals surface area contributed by atoms with Crippen LogP contribution in [0.2, 0.25) is 4.34 Å². The van der Waals surface area contributed by atoms with Crippen molar-refractivity contribution in [1.29, 1.82) is 0 Å². The highest BCUT2D eigenvalue weighted by molar-refractivity contribution is 7.16. The molecule has 0 radical (unpaired) electrons. The van der Waals surface area contributed by atoms with Crippen LogP contribution in [0.1, 0.15) is 53.5 Å². The van der Waals surface area contributed by atoms with Gasteiger partial charge in [0.25, 0.3) is 0 Å². The molecule has 1 aromatic heterocycles. The van der Waals surface area contributed by atoms with Gasteiger partial charge in [0.1, 0.15) is 4.34 Å². The zero-order chi connectivity index (χ0) is 10.8. The number of hydrogen-bond acceptors (Lipinski definition) is 3. The lowest BCUT2D eigenvalue weighted by atomic mass is 9.90. The Balaban J connectivity index is 2.21. The molecule has 0 atom stereocenters. The molecule has 0 spiro atoms. The first-order valence-corrected chi connectivity index (χ1v) is 6.27. The third-order valence-corrected chi connectivity index (χ3v) is 4.18. The maximum atomic E-state index is 10.8. The quantitative estimate of drug-likeness (QED) is 0.867. The number of carboxylic acid groups (broad SMARTS) is 1. The van der Waals surface area contributed by atoms with Gasteiger partial charge in [-0.25, -0.2) is 9.78 Å². The van der Waals surface area contributed by atoms with Crippen LogP contribution in [0.5, 0.6) is 0 Å². The zero-order valence-electron chi connectivity index (χ0n) is 8.20. The van der Waals surface area contributed by atoms with E-state index in [0.29, 0.717) is 10.3 Å². The van der Waals surface area contributed by atoms with E-state index < -0.39 is 5.97 Å². The summed E-state index contributed by atoms with van der Waals surface area (Å²) in [5.41, 5.74) is 0.0160. The Morgan fingerprint density at radius 3 is 2.60 bits per heavy atom. The number of aromatic nitrogens is 1. The van der Waals surface area contributed by atoms with Gasteiger partial charge < -0.3 is 5.11 Å². The van der Waals surface area contributed by atoms with Crippen molar-refractivity contribution >= 4 is 28.9 Å². The van der Waals surface area contributed by atoms with Gasteiger partial charge >= 0.3 is 5.97 Å². The molecule has 1 aliphatic carbocycles. The Labute approximate surface area is 97.1 Å². The van der Waals surface area contributed by atoms with Crippen LogP contribution in [0.4, 0.5) is 0 Å². The van der Waals surface area contributed by atoms with Gasteiger partial charge in [-0.1, -0.05) is 30.9 Å². The molecule has 15 heavy (non-hydrogen) atoms. The fourth-order valence-corrected chi connectivity index (χ4v) is 3.29. The molecule has 3 nitrogen and oxygen atoms in total. The largest absolute Gasteiger partial charge is 0.476 e. The summed E-state index contributed by atoms with van der Waals surface area (Å²) in [4.78, 5) is 14.9. The van der Waals surface area contributed by atoms with Crippen molar-refractivity contribution in [3.05, 3.63) is 15.0 Å². The fourth-order valence-electron chi connectivity index (χ4n) is 1.97. The third-order valence-electron chi connectivity index (χ3n) is 2.76. The normalized spacial score (nSPS) is 17.9. The summed E-state index contributed by atoms with van der Waals surface area (Å²) >= 11 is 7.16. The van der Waals surface area contributed by atoms with Crippen molar-refractivity contribution in [2.75, 3.05) is 0 Å². The SMILES string of the molecule is O=C(O)c1nc(C2CCCCC2)sc1Cl. The molecular formula is C10H12ClNO2S. The van der Waals surface area contributed by atoms with Crippen LogP contribution in [0.25, 0.3) is 0 Å². The zero-order valence-corrected chi connectivity index (χ0v) is 9.77. The van der Waals surface area contributed by atoms with Crippen molar-refractivity contribution in [2.24, 2.45) is 0 Å². The number of carbonyl (C=O) groups is 1. The molecule has 1 N–H and O–H groups in total. The van der Waals surface area contributed by atoms with Crippen molar-refractivity contribution in [3.8, 4) is 0 Å². The highest BCUT2D eigenvalue weighted by atomic mass is 35.5. The minimum absolute atomic E-state index is 0.0160. The number of halogens is 1. The summed E-state index contributed by atoms with van der Waals surface area (Å²) in [6.45, 7) is 0. The fraction of sp³-hybridized carbons (Fsp3) is 0.600. The second-order valence-corrected chi connectivity index (χ2v) is 5.45. The van der Waals surface area contributed by atoms with E-state index in [0.717, 1.165) is 17.8 Å². The minimum atomic E-state index is -1.03. The predicted molar refractivity (Wildman–Crippen MR) is 59.9 cm³/mol. The Hall–Kier alpha value is -0.610. The molecule has 1 aliphatic rings. The molecule has 2 rings (SSSR count). The smallest absolute Gasteiger partial charge is 0.356 e. The maximum absolute atomic E-state index is 10.8. The summed E-state index contributed by atoms with van der Waals surface area (Å²) in [5.74, 6) is -0.604. The van der Waals surface area contributed by atoms with Crippen molar-refractivity contribution in [3.63, 3.8) is 0 Å². The van der Waals surface area contributed by atoms with Gasteiger partial charge in [0.05, 0.1) is 5.01 Å². The molecule has 0 bridgehead atoms. The van der Waals surface area contributed by atoms with Crippen LogP contribution < -0.4 is 0 Å². The van der Waals surface area contributed by atoms with Gasteiger partial charge in [0.2, 0.25) is 0 Å². The Morgan fingerprint density at radius 2 is 2.07 bits per heavy atom. The number of rotatable bonds is 2. The molecule has 1 heterocycles. The molecule has 0 saturated heterocycles. The average Bonchev–Trinajstić information content (AvgIpc) is 2.62. The summed E-state index contributed by atoms with van der Waals surface area (Å²) < 4.78 is 0.308. The van der Waals surface area contributed by atoms with Gasteiger partial charge in [0, 0.05) is 5.92 Å². The lowest BCUT2D eigenvalue weighted by Crippen LogP contribution is -2.05. The average molecular weight is 246 g/mol. The van der Waals surface area contributed by atoms with E-state index in [1.54, 1.807) is 0 Å². The highest BCUT2D eigenvalue weighted by Crippen LogP contribution is 2.37. The Morgan fingerprint density at radius 1 is 1.40 bits per heavy atom. The highest BCUT2D eigenvalue weighted by Gasteiger charge is 2.23. The van der Waals surface area contributed by atoms with Crippen molar-refractivity contribution < 1.29 is 9.90 Å². The summed E-state index contributed by atoms with van der Waals surface area (Å²) in [6, 6.07) is 0. The standard InChI is InChI=1S/C10H12ClNO2S/c11-8-7(10(13)14)12-9(15-8)6-4-2-1-3-5-6/h6H,1-5H2,(H,13,14). The minimum Gasteiger partial charge on any atom is -0.476 e. The Kier molecular flexibility index (Phi) is 3.26. The molecule has 0 aromatic carbocycles. The second-order valence-electron chi connectivity index (χ2n) is 3.81. The van der Waals surface area contributed by atoms with Crippen LogP contribution >= 0.6 is 22.9 Å². The van der Waals surface area contributed by atoms with Gasteiger partial charge in [-0.2, -0.15) is 0 Å². The molecule has 0 unspecified atom stereocenters. The maximum Gasteiger partial charge on any atom is 0.356 e. The van der Waals surface area contributed by atoms with Crippen molar-refractivity contribution in [1.82, 2.24) is 4.98 Å². The molecule has 1 fully saturated rings. The van der Waals surface area contributed by atoms with Crippen LogP contribution in [-0.2, 0) is 0 Å². The molecule has 1 saturated carbocycles. The monoisotopic (exact) mass is 245 g/mol. The van der Waals surface area contributed by atoms with E-state index in [1.165, 1.54) is 30.6 Å². The molecule has 1 aromatic rings. The summed E-state index contributed by atoms with van der Waals surface area (Å²) in [6.07, 6.45) is 5.93. The summed E-state index contributed by atoms with van der Waals surface area (Å²) in [7, 11) is 0. The van der Waals surface area contributed by atoms with Gasteiger partial charge in [-0.05, 0) is 12.8 Å². The van der Waals surface area contributed by atoms with Crippen molar-refractivity contribution in [2.45, 2.75) is 38.0 Å². The van der Waals surface area contributed by atoms with Gasteiger partial charge in [0.15, 0.2) is 5.69 Å².